The lowest BCUT2D eigenvalue weighted by molar-refractivity contribution is 0.778. The summed E-state index contributed by atoms with van der Waals surface area (Å²) in [5.41, 5.74) is 15.1. The SMILES string of the molecule is Cc1cccnc1-c1ccc2c3ccccc3n(-c3ccc(-c4ccc(-n5c6ccccc6c6ccc(C7=NC=CCC7C)cc65)cc4)cc3)c2c1. The van der Waals surface area contributed by atoms with Crippen LogP contribution in [0.4, 0.5) is 0 Å². The highest BCUT2D eigenvalue weighted by molar-refractivity contribution is 6.13. The summed E-state index contributed by atoms with van der Waals surface area (Å²) in [7, 11) is 0. The molecule has 0 aliphatic carbocycles. The normalized spacial score (nSPS) is 14.5. The van der Waals surface area contributed by atoms with Crippen molar-refractivity contribution in [2.24, 2.45) is 10.9 Å². The molecule has 0 radical (unpaired) electrons. The van der Waals surface area contributed by atoms with Crippen LogP contribution in [0.2, 0.25) is 0 Å². The van der Waals surface area contributed by atoms with Crippen molar-refractivity contribution in [3.63, 3.8) is 0 Å². The van der Waals surface area contributed by atoms with Crippen molar-refractivity contribution in [3.8, 4) is 33.8 Å². The Bertz CT molecular complexity index is 2880. The van der Waals surface area contributed by atoms with E-state index in [-0.39, 0.29) is 0 Å². The van der Waals surface area contributed by atoms with Gasteiger partial charge in [-0.2, -0.15) is 0 Å². The first-order chi connectivity index (χ1) is 25.6. The van der Waals surface area contributed by atoms with Gasteiger partial charge in [0.25, 0.3) is 0 Å². The van der Waals surface area contributed by atoms with Gasteiger partial charge in [0, 0.05) is 56.8 Å². The fourth-order valence-electron chi connectivity index (χ4n) is 8.19. The molecule has 0 N–H and O–H groups in total. The predicted molar refractivity (Wildman–Crippen MR) is 218 cm³/mol. The molecule has 0 spiro atoms. The zero-order valence-corrected chi connectivity index (χ0v) is 29.2. The van der Waals surface area contributed by atoms with E-state index in [9.17, 15) is 0 Å². The van der Waals surface area contributed by atoms with Gasteiger partial charge in [-0.15, -0.1) is 0 Å². The molecular weight excluding hydrogens is 633 g/mol. The second-order valence-corrected chi connectivity index (χ2v) is 14.0. The Kier molecular flexibility index (Phi) is 7.03. The summed E-state index contributed by atoms with van der Waals surface area (Å²) in [6.45, 7) is 4.38. The molecule has 9 aromatic rings. The number of nitrogens with zero attached hydrogens (tertiary/aromatic N) is 4. The number of pyridine rings is 1. The molecule has 1 unspecified atom stereocenters. The molecule has 0 fully saturated rings. The van der Waals surface area contributed by atoms with Crippen LogP contribution in [-0.2, 0) is 0 Å². The molecule has 0 saturated heterocycles. The lowest BCUT2D eigenvalue weighted by Gasteiger charge is -2.16. The third-order valence-electron chi connectivity index (χ3n) is 10.8. The van der Waals surface area contributed by atoms with Gasteiger partial charge in [0.05, 0.1) is 33.5 Å². The van der Waals surface area contributed by atoms with Crippen molar-refractivity contribution in [3.05, 3.63) is 175 Å². The van der Waals surface area contributed by atoms with Crippen molar-refractivity contribution in [2.75, 3.05) is 0 Å². The van der Waals surface area contributed by atoms with E-state index in [0.717, 1.165) is 34.8 Å². The fourth-order valence-corrected chi connectivity index (χ4v) is 8.19. The molecule has 0 bridgehead atoms. The van der Waals surface area contributed by atoms with Gasteiger partial charge in [0.2, 0.25) is 0 Å². The van der Waals surface area contributed by atoms with Gasteiger partial charge < -0.3 is 9.13 Å². The van der Waals surface area contributed by atoms with Crippen molar-refractivity contribution in [2.45, 2.75) is 20.3 Å². The Morgan fingerprint density at radius 3 is 1.62 bits per heavy atom. The average Bonchev–Trinajstić information content (AvgIpc) is 3.70. The number of aryl methyl sites for hydroxylation is 1. The molecule has 1 aliphatic heterocycles. The van der Waals surface area contributed by atoms with E-state index in [4.69, 9.17) is 9.98 Å². The molecule has 3 aromatic heterocycles. The topological polar surface area (TPSA) is 35.1 Å². The number of benzene rings is 6. The first-order valence-corrected chi connectivity index (χ1v) is 18.0. The van der Waals surface area contributed by atoms with Gasteiger partial charge in [-0.25, -0.2) is 0 Å². The van der Waals surface area contributed by atoms with Crippen LogP contribution < -0.4 is 0 Å². The number of para-hydroxylation sites is 2. The smallest absolute Gasteiger partial charge is 0.0731 e. The largest absolute Gasteiger partial charge is 0.309 e. The Morgan fingerprint density at radius 2 is 1.04 bits per heavy atom. The monoisotopic (exact) mass is 668 g/mol. The summed E-state index contributed by atoms with van der Waals surface area (Å²) in [6.07, 6.45) is 7.00. The molecule has 6 aromatic carbocycles. The van der Waals surface area contributed by atoms with Crippen LogP contribution in [0.5, 0.6) is 0 Å². The van der Waals surface area contributed by atoms with Crippen LogP contribution in [-0.4, -0.2) is 19.8 Å². The Hall–Kier alpha value is -6.52. The number of aromatic nitrogens is 3. The van der Waals surface area contributed by atoms with Crippen molar-refractivity contribution in [1.29, 1.82) is 0 Å². The van der Waals surface area contributed by atoms with Crippen LogP contribution in [0.3, 0.4) is 0 Å². The van der Waals surface area contributed by atoms with E-state index in [2.05, 4.69) is 169 Å². The zero-order valence-electron chi connectivity index (χ0n) is 29.2. The molecule has 4 heterocycles. The van der Waals surface area contributed by atoms with Crippen molar-refractivity contribution in [1.82, 2.24) is 14.1 Å². The van der Waals surface area contributed by atoms with Crippen LogP contribution in [0.15, 0.2) is 169 Å². The van der Waals surface area contributed by atoms with Gasteiger partial charge in [0.1, 0.15) is 0 Å². The molecule has 1 aliphatic rings. The zero-order chi connectivity index (χ0) is 34.8. The third-order valence-corrected chi connectivity index (χ3v) is 10.8. The van der Waals surface area contributed by atoms with E-state index >= 15 is 0 Å². The lowest BCUT2D eigenvalue weighted by Crippen LogP contribution is -2.14. The Labute approximate surface area is 302 Å². The number of hydrogen-bond donors (Lipinski definition) is 0. The van der Waals surface area contributed by atoms with Gasteiger partial charge >= 0.3 is 0 Å². The van der Waals surface area contributed by atoms with Crippen LogP contribution in [0.25, 0.3) is 77.4 Å². The van der Waals surface area contributed by atoms with Crippen LogP contribution in [0, 0.1) is 12.8 Å². The van der Waals surface area contributed by atoms with E-state index < -0.39 is 0 Å². The summed E-state index contributed by atoms with van der Waals surface area (Å²) >= 11 is 0. The fraction of sp³-hybridized carbons (Fsp3) is 0.0833. The maximum absolute atomic E-state index is 4.78. The van der Waals surface area contributed by atoms with Gasteiger partial charge in [0.15, 0.2) is 0 Å². The molecule has 248 valence electrons. The molecule has 0 saturated carbocycles. The minimum atomic E-state index is 0.397. The maximum atomic E-state index is 4.78. The molecule has 1 atom stereocenters. The number of rotatable bonds is 5. The summed E-state index contributed by atoms with van der Waals surface area (Å²) in [5, 5.41) is 5.00. The Morgan fingerprint density at radius 1 is 0.519 bits per heavy atom. The van der Waals surface area contributed by atoms with Gasteiger partial charge in [-0.1, -0.05) is 104 Å². The number of fused-ring (bicyclic) bond motifs is 6. The summed E-state index contributed by atoms with van der Waals surface area (Å²) in [6, 6.07) is 53.0. The van der Waals surface area contributed by atoms with Crippen molar-refractivity contribution < 1.29 is 0 Å². The number of hydrogen-bond acceptors (Lipinski definition) is 2. The average molecular weight is 669 g/mol. The highest BCUT2D eigenvalue weighted by Crippen LogP contribution is 2.37. The molecular formula is C48H36N4. The van der Waals surface area contributed by atoms with Crippen molar-refractivity contribution >= 4 is 49.3 Å². The standard InChI is InChI=1S/C48H36N4/c1-31-9-7-27-49-47(31)35-19-25-41-39-11-3-5-13-43(39)51(45(41)29-35)37-21-15-33(16-22-37)34-17-23-38(24-18-34)52-44-14-6-4-12-40(44)42-26-20-36(30-46(42)52)48-32(2)10-8-28-50-48/h3-9,11-30,32H,10H2,1-2H3. The van der Waals surface area contributed by atoms with Crippen LogP contribution in [0.1, 0.15) is 24.5 Å². The van der Waals surface area contributed by atoms with E-state index in [1.807, 2.05) is 18.5 Å². The summed E-state index contributed by atoms with van der Waals surface area (Å²) in [5.74, 6) is 0.397. The first kappa shape index (κ1) is 30.3. The summed E-state index contributed by atoms with van der Waals surface area (Å²) < 4.78 is 4.78. The second kappa shape index (κ2) is 12.1. The quantitative estimate of drug-likeness (QED) is 0.180. The Balaban J connectivity index is 1.04. The first-order valence-electron chi connectivity index (χ1n) is 18.0. The predicted octanol–water partition coefficient (Wildman–Crippen LogP) is 12.3. The second-order valence-electron chi connectivity index (χ2n) is 14.0. The van der Waals surface area contributed by atoms with E-state index in [1.165, 1.54) is 65.9 Å². The number of aliphatic imine (C=N–C) groups is 1. The number of allylic oxidation sites excluding steroid dienone is 1. The highest BCUT2D eigenvalue weighted by Gasteiger charge is 2.19. The molecule has 52 heavy (non-hydrogen) atoms. The molecule has 0 amide bonds. The maximum Gasteiger partial charge on any atom is 0.0731 e. The minimum absolute atomic E-state index is 0.397. The minimum Gasteiger partial charge on any atom is -0.309 e. The highest BCUT2D eigenvalue weighted by atomic mass is 15.0. The van der Waals surface area contributed by atoms with Crippen LogP contribution >= 0.6 is 0 Å². The van der Waals surface area contributed by atoms with Gasteiger partial charge in [-0.3, -0.25) is 9.98 Å². The van der Waals surface area contributed by atoms with E-state index in [1.54, 1.807) is 0 Å². The third kappa shape index (κ3) is 4.83. The molecule has 10 rings (SSSR count). The lowest BCUT2D eigenvalue weighted by atomic mass is 9.93. The van der Waals surface area contributed by atoms with Gasteiger partial charge in [-0.05, 0) is 90.2 Å². The molecule has 4 nitrogen and oxygen atoms in total. The summed E-state index contributed by atoms with van der Waals surface area (Å²) in [4.78, 5) is 9.50. The van der Waals surface area contributed by atoms with E-state index in [0.29, 0.717) is 5.92 Å². The molecule has 4 heteroatoms.